The van der Waals surface area contributed by atoms with Crippen molar-refractivity contribution in [3.63, 3.8) is 0 Å². The van der Waals surface area contributed by atoms with E-state index in [0.29, 0.717) is 13.1 Å². The number of likely N-dealkylation sites (tertiary alicyclic amines) is 1. The van der Waals surface area contributed by atoms with Crippen LogP contribution in [0, 0.1) is 17.3 Å². The summed E-state index contributed by atoms with van der Waals surface area (Å²) in [6.07, 6.45) is 4.00. The lowest BCUT2D eigenvalue weighted by Gasteiger charge is -2.32. The van der Waals surface area contributed by atoms with Crippen LogP contribution in [0.3, 0.4) is 0 Å². The molecule has 2 aliphatic rings. The summed E-state index contributed by atoms with van der Waals surface area (Å²) in [6, 6.07) is 0. The molecular weight excluding hydrogens is 320 g/mol. The number of carbonyl (C=O) groups is 2. The lowest BCUT2D eigenvalue weighted by molar-refractivity contribution is -0.146. The van der Waals surface area contributed by atoms with Crippen LogP contribution in [0.25, 0.3) is 0 Å². The van der Waals surface area contributed by atoms with Gasteiger partial charge in [0, 0.05) is 40.8 Å². The number of nitrogens with one attached hydrogen (secondary N) is 1. The van der Waals surface area contributed by atoms with Crippen molar-refractivity contribution in [3.8, 4) is 0 Å². The van der Waals surface area contributed by atoms with Crippen LogP contribution in [0.1, 0.15) is 32.6 Å². The highest BCUT2D eigenvalue weighted by atomic mass is 16.5. The van der Waals surface area contributed by atoms with Crippen molar-refractivity contribution >= 4 is 17.8 Å². The van der Waals surface area contributed by atoms with Gasteiger partial charge in [-0.2, -0.15) is 0 Å². The molecular formula is C18H32N4O3. The molecule has 2 fully saturated rings. The van der Waals surface area contributed by atoms with E-state index in [1.165, 1.54) is 7.11 Å². The second-order valence-electron chi connectivity index (χ2n) is 7.60. The van der Waals surface area contributed by atoms with Crippen LogP contribution in [-0.4, -0.2) is 75.5 Å². The van der Waals surface area contributed by atoms with E-state index in [-0.39, 0.29) is 29.1 Å². The minimum atomic E-state index is -0.341. The van der Waals surface area contributed by atoms with Crippen molar-refractivity contribution in [2.24, 2.45) is 22.2 Å². The maximum Gasteiger partial charge on any atom is 0.310 e. The molecule has 1 amide bonds. The fraction of sp³-hybridized carbons (Fsp3) is 0.833. The first-order valence-corrected chi connectivity index (χ1v) is 9.10. The molecule has 0 aromatic carbocycles. The number of esters is 1. The summed E-state index contributed by atoms with van der Waals surface area (Å²) in [5.41, 5.74) is -0.341. The van der Waals surface area contributed by atoms with E-state index in [9.17, 15) is 9.59 Å². The number of rotatable bonds is 4. The number of hydrogen-bond acceptors (Lipinski definition) is 4. The summed E-state index contributed by atoms with van der Waals surface area (Å²) in [7, 11) is 6.82. The van der Waals surface area contributed by atoms with Crippen LogP contribution in [-0.2, 0) is 14.3 Å². The van der Waals surface area contributed by atoms with Gasteiger partial charge in [-0.25, -0.2) is 0 Å². The maximum absolute atomic E-state index is 12.7. The standard InChI is InChI=1S/C18H32N4O3/c1-13-10-22(11-14(13)15(23)25-5)17(19-2)20-12-18(8-6-7-9-18)16(24)21(3)4/h13-14H,6-12H2,1-5H3,(H,19,20). The summed E-state index contributed by atoms with van der Waals surface area (Å²) >= 11 is 0. The summed E-state index contributed by atoms with van der Waals surface area (Å²) in [4.78, 5) is 32.8. The minimum Gasteiger partial charge on any atom is -0.469 e. The van der Waals surface area contributed by atoms with E-state index in [1.807, 2.05) is 14.1 Å². The van der Waals surface area contributed by atoms with E-state index in [2.05, 4.69) is 22.1 Å². The Balaban J connectivity index is 2.03. The van der Waals surface area contributed by atoms with Gasteiger partial charge < -0.3 is 19.9 Å². The average molecular weight is 352 g/mol. The normalized spacial score (nSPS) is 25.8. The third-order valence-corrected chi connectivity index (χ3v) is 5.63. The first-order valence-electron chi connectivity index (χ1n) is 9.10. The van der Waals surface area contributed by atoms with Crippen molar-refractivity contribution in [1.29, 1.82) is 0 Å². The lowest BCUT2D eigenvalue weighted by Crippen LogP contribution is -2.50. The third-order valence-electron chi connectivity index (χ3n) is 5.63. The Morgan fingerprint density at radius 2 is 1.92 bits per heavy atom. The molecule has 0 radical (unpaired) electrons. The van der Waals surface area contributed by atoms with E-state index in [0.717, 1.165) is 38.2 Å². The molecule has 1 aliphatic carbocycles. The molecule has 0 bridgehead atoms. The van der Waals surface area contributed by atoms with Gasteiger partial charge in [0.05, 0.1) is 18.4 Å². The van der Waals surface area contributed by atoms with Gasteiger partial charge in [-0.1, -0.05) is 19.8 Å². The van der Waals surface area contributed by atoms with Crippen LogP contribution in [0.4, 0.5) is 0 Å². The van der Waals surface area contributed by atoms with Gasteiger partial charge in [0.15, 0.2) is 5.96 Å². The smallest absolute Gasteiger partial charge is 0.310 e. The van der Waals surface area contributed by atoms with Gasteiger partial charge in [0.1, 0.15) is 0 Å². The maximum atomic E-state index is 12.7. The van der Waals surface area contributed by atoms with Crippen molar-refractivity contribution in [1.82, 2.24) is 15.1 Å². The van der Waals surface area contributed by atoms with Crippen molar-refractivity contribution in [2.75, 3.05) is 47.9 Å². The predicted molar refractivity (Wildman–Crippen MR) is 97.2 cm³/mol. The third kappa shape index (κ3) is 4.07. The number of guanidine groups is 1. The first-order chi connectivity index (χ1) is 11.8. The fourth-order valence-electron chi connectivity index (χ4n) is 4.17. The van der Waals surface area contributed by atoms with Gasteiger partial charge in [0.2, 0.25) is 5.91 Å². The van der Waals surface area contributed by atoms with E-state index in [1.54, 1.807) is 11.9 Å². The monoisotopic (exact) mass is 352 g/mol. The minimum absolute atomic E-state index is 0.132. The lowest BCUT2D eigenvalue weighted by atomic mass is 9.84. The van der Waals surface area contributed by atoms with Crippen molar-refractivity contribution in [3.05, 3.63) is 0 Å². The Bertz CT molecular complexity index is 526. The average Bonchev–Trinajstić information content (AvgIpc) is 3.22. The predicted octanol–water partition coefficient (Wildman–Crippen LogP) is 0.951. The van der Waals surface area contributed by atoms with Gasteiger partial charge in [0.25, 0.3) is 0 Å². The number of nitrogens with zero attached hydrogens (tertiary/aromatic N) is 3. The second kappa shape index (κ2) is 8.06. The Kier molecular flexibility index (Phi) is 6.30. The quantitative estimate of drug-likeness (QED) is 0.463. The van der Waals surface area contributed by atoms with Crippen LogP contribution < -0.4 is 5.32 Å². The van der Waals surface area contributed by atoms with E-state index < -0.39 is 0 Å². The number of methoxy groups -OCH3 is 1. The molecule has 7 nitrogen and oxygen atoms in total. The highest BCUT2D eigenvalue weighted by Crippen LogP contribution is 2.39. The highest BCUT2D eigenvalue weighted by molar-refractivity contribution is 5.85. The van der Waals surface area contributed by atoms with E-state index in [4.69, 9.17) is 4.74 Å². The van der Waals surface area contributed by atoms with Gasteiger partial charge in [-0.15, -0.1) is 0 Å². The number of hydrogen-bond donors (Lipinski definition) is 1. The Morgan fingerprint density at radius 3 is 2.44 bits per heavy atom. The largest absolute Gasteiger partial charge is 0.469 e. The second-order valence-corrected chi connectivity index (χ2v) is 7.60. The van der Waals surface area contributed by atoms with Crippen LogP contribution in [0.15, 0.2) is 4.99 Å². The van der Waals surface area contributed by atoms with Crippen molar-refractivity contribution in [2.45, 2.75) is 32.6 Å². The first kappa shape index (κ1) is 19.5. The number of aliphatic imine (C=N–C) groups is 1. The number of ether oxygens (including phenoxy) is 1. The Hall–Kier alpha value is -1.79. The summed E-state index contributed by atoms with van der Waals surface area (Å²) < 4.78 is 4.91. The van der Waals surface area contributed by atoms with E-state index >= 15 is 0 Å². The molecule has 1 heterocycles. The molecule has 142 valence electrons. The van der Waals surface area contributed by atoms with Crippen LogP contribution in [0.5, 0.6) is 0 Å². The number of carbonyl (C=O) groups excluding carboxylic acids is 2. The Labute approximate surface area is 150 Å². The highest BCUT2D eigenvalue weighted by Gasteiger charge is 2.43. The van der Waals surface area contributed by atoms with Crippen LogP contribution in [0.2, 0.25) is 0 Å². The summed E-state index contributed by atoms with van der Waals surface area (Å²) in [6.45, 7) is 4.00. The zero-order chi connectivity index (χ0) is 18.6. The molecule has 2 unspecified atom stereocenters. The molecule has 1 saturated heterocycles. The SMILES string of the molecule is CN=C(NCC1(C(=O)N(C)C)CCCC1)N1CC(C)C(C(=O)OC)C1. The molecule has 2 atom stereocenters. The zero-order valence-corrected chi connectivity index (χ0v) is 16.2. The van der Waals surface area contributed by atoms with Crippen LogP contribution >= 0.6 is 0 Å². The van der Waals surface area contributed by atoms with Gasteiger partial charge >= 0.3 is 5.97 Å². The molecule has 1 aliphatic heterocycles. The zero-order valence-electron chi connectivity index (χ0n) is 16.2. The number of amides is 1. The fourth-order valence-corrected chi connectivity index (χ4v) is 4.17. The molecule has 2 rings (SSSR count). The molecule has 1 saturated carbocycles. The molecule has 1 N–H and O–H groups in total. The molecule has 7 heteroatoms. The molecule has 0 spiro atoms. The van der Waals surface area contributed by atoms with Gasteiger partial charge in [-0.3, -0.25) is 14.6 Å². The molecule has 25 heavy (non-hydrogen) atoms. The molecule has 0 aromatic heterocycles. The van der Waals surface area contributed by atoms with Crippen molar-refractivity contribution < 1.29 is 14.3 Å². The topological polar surface area (TPSA) is 74.2 Å². The summed E-state index contributed by atoms with van der Waals surface area (Å²) in [5, 5.41) is 3.40. The summed E-state index contributed by atoms with van der Waals surface area (Å²) in [5.74, 6) is 0.869. The molecule has 0 aromatic rings. The Morgan fingerprint density at radius 1 is 1.28 bits per heavy atom. The van der Waals surface area contributed by atoms with Gasteiger partial charge in [-0.05, 0) is 18.8 Å².